The van der Waals surface area contributed by atoms with Crippen LogP contribution in [0, 0.1) is 6.92 Å². The maximum Gasteiger partial charge on any atom is 0.314 e. The first-order valence-corrected chi connectivity index (χ1v) is 7.03. The Morgan fingerprint density at radius 3 is 2.47 bits per heavy atom. The number of carbonyl (C=O) groups is 1. The Hall–Kier alpha value is -1.23. The molecule has 1 aliphatic carbocycles. The molecule has 1 aromatic rings. The number of rotatable bonds is 3. The van der Waals surface area contributed by atoms with E-state index in [0.717, 1.165) is 22.9 Å². The number of carboxylic acid groups (broad SMARTS) is 1. The molecule has 2 rings (SSSR count). The average Bonchev–Trinajstić information content (AvgIpc) is 2.85. The van der Waals surface area contributed by atoms with Gasteiger partial charge in [0.25, 0.3) is 0 Å². The fourth-order valence-corrected chi connectivity index (χ4v) is 3.31. The standard InChI is InChI=1S/C14H17BrO4/c1-8-10(15)7-9(11(16)12(8)19-2)14(13(17)18)5-3-4-6-14/h7,16H,3-6H2,1-2H3,(H,17,18). The molecule has 0 radical (unpaired) electrons. The molecular weight excluding hydrogens is 312 g/mol. The molecule has 1 aliphatic rings. The zero-order valence-electron chi connectivity index (χ0n) is 11.0. The minimum absolute atomic E-state index is 0.0486. The third kappa shape index (κ3) is 2.10. The van der Waals surface area contributed by atoms with Crippen molar-refractivity contribution >= 4 is 21.9 Å². The Morgan fingerprint density at radius 2 is 2.00 bits per heavy atom. The second-order valence-electron chi connectivity index (χ2n) is 5.01. The van der Waals surface area contributed by atoms with E-state index in [1.165, 1.54) is 7.11 Å². The van der Waals surface area contributed by atoms with Gasteiger partial charge < -0.3 is 14.9 Å². The number of benzene rings is 1. The van der Waals surface area contributed by atoms with Crippen LogP contribution in [0.3, 0.4) is 0 Å². The lowest BCUT2D eigenvalue weighted by atomic mass is 9.78. The fraction of sp³-hybridized carbons (Fsp3) is 0.500. The summed E-state index contributed by atoms with van der Waals surface area (Å²) in [7, 11) is 1.47. The van der Waals surface area contributed by atoms with Crippen molar-refractivity contribution in [1.82, 2.24) is 0 Å². The van der Waals surface area contributed by atoms with Gasteiger partial charge in [-0.1, -0.05) is 28.8 Å². The Labute approximate surface area is 120 Å². The van der Waals surface area contributed by atoms with E-state index in [2.05, 4.69) is 15.9 Å². The number of phenols is 1. The quantitative estimate of drug-likeness (QED) is 0.892. The number of hydrogen-bond donors (Lipinski definition) is 2. The molecule has 0 spiro atoms. The lowest BCUT2D eigenvalue weighted by molar-refractivity contribution is -0.143. The van der Waals surface area contributed by atoms with Crippen LogP contribution in [0.15, 0.2) is 10.5 Å². The van der Waals surface area contributed by atoms with Crippen LogP contribution in [0.25, 0.3) is 0 Å². The van der Waals surface area contributed by atoms with Crippen LogP contribution in [0.5, 0.6) is 11.5 Å². The van der Waals surface area contributed by atoms with Gasteiger partial charge in [0.15, 0.2) is 11.5 Å². The first-order chi connectivity index (χ1) is 8.94. The van der Waals surface area contributed by atoms with E-state index in [1.807, 2.05) is 6.92 Å². The van der Waals surface area contributed by atoms with Gasteiger partial charge in [-0.3, -0.25) is 4.79 Å². The highest BCUT2D eigenvalue weighted by Crippen LogP contribution is 2.49. The summed E-state index contributed by atoms with van der Waals surface area (Å²) in [5.41, 5.74) is 0.224. The number of aliphatic carboxylic acids is 1. The van der Waals surface area contributed by atoms with Crippen LogP contribution >= 0.6 is 15.9 Å². The van der Waals surface area contributed by atoms with Gasteiger partial charge in [0, 0.05) is 15.6 Å². The topological polar surface area (TPSA) is 66.8 Å². The Kier molecular flexibility index (Phi) is 3.76. The highest BCUT2D eigenvalue weighted by Gasteiger charge is 2.45. The second kappa shape index (κ2) is 5.04. The smallest absolute Gasteiger partial charge is 0.314 e. The molecule has 1 fully saturated rings. The minimum atomic E-state index is -0.992. The summed E-state index contributed by atoms with van der Waals surface area (Å²) in [6.07, 6.45) is 2.82. The summed E-state index contributed by atoms with van der Waals surface area (Å²) >= 11 is 3.41. The molecule has 19 heavy (non-hydrogen) atoms. The third-order valence-corrected chi connectivity index (χ3v) is 4.85. The van der Waals surface area contributed by atoms with Crippen molar-refractivity contribution in [2.24, 2.45) is 0 Å². The van der Waals surface area contributed by atoms with E-state index < -0.39 is 11.4 Å². The molecule has 0 aromatic heterocycles. The Balaban J connectivity index is 2.68. The lowest BCUT2D eigenvalue weighted by Gasteiger charge is -2.27. The number of hydrogen-bond acceptors (Lipinski definition) is 3. The molecular formula is C14H17BrO4. The molecule has 0 amide bonds. The molecule has 0 atom stereocenters. The van der Waals surface area contributed by atoms with Gasteiger partial charge in [-0.25, -0.2) is 0 Å². The van der Waals surface area contributed by atoms with Crippen LogP contribution in [0.2, 0.25) is 0 Å². The molecule has 2 N–H and O–H groups in total. The SMILES string of the molecule is COc1c(C)c(Br)cc(C2(C(=O)O)CCCC2)c1O. The van der Waals surface area contributed by atoms with Crippen molar-refractivity contribution < 1.29 is 19.7 Å². The van der Waals surface area contributed by atoms with Gasteiger partial charge in [0.2, 0.25) is 0 Å². The molecule has 104 valence electrons. The van der Waals surface area contributed by atoms with Crippen LogP contribution in [0.4, 0.5) is 0 Å². The monoisotopic (exact) mass is 328 g/mol. The largest absolute Gasteiger partial charge is 0.504 e. The van der Waals surface area contributed by atoms with Crippen molar-refractivity contribution in [2.45, 2.75) is 38.0 Å². The highest BCUT2D eigenvalue weighted by molar-refractivity contribution is 9.10. The molecule has 0 saturated heterocycles. The number of phenolic OH excluding ortho intramolecular Hbond substituents is 1. The van der Waals surface area contributed by atoms with E-state index in [0.29, 0.717) is 24.2 Å². The van der Waals surface area contributed by atoms with Crippen molar-refractivity contribution in [3.8, 4) is 11.5 Å². The van der Waals surface area contributed by atoms with Gasteiger partial charge >= 0.3 is 5.97 Å². The molecule has 5 heteroatoms. The molecule has 1 saturated carbocycles. The molecule has 0 heterocycles. The molecule has 0 unspecified atom stereocenters. The van der Waals surface area contributed by atoms with Crippen molar-refractivity contribution in [3.05, 3.63) is 21.7 Å². The summed E-state index contributed by atoms with van der Waals surface area (Å²) in [4.78, 5) is 11.7. The zero-order chi connectivity index (χ0) is 14.2. The van der Waals surface area contributed by atoms with E-state index in [1.54, 1.807) is 6.07 Å². The summed E-state index contributed by atoms with van der Waals surface area (Å²) in [6.45, 7) is 1.81. The molecule has 1 aromatic carbocycles. The fourth-order valence-electron chi connectivity index (χ4n) is 2.90. The van der Waals surface area contributed by atoms with Crippen molar-refractivity contribution in [1.29, 1.82) is 0 Å². The van der Waals surface area contributed by atoms with E-state index in [-0.39, 0.29) is 5.75 Å². The predicted octanol–water partition coefficient (Wildman–Crippen LogP) is 3.37. The minimum Gasteiger partial charge on any atom is -0.504 e. The van der Waals surface area contributed by atoms with E-state index in [4.69, 9.17) is 4.74 Å². The summed E-state index contributed by atoms with van der Waals surface area (Å²) < 4.78 is 5.96. The van der Waals surface area contributed by atoms with Crippen LogP contribution in [0.1, 0.15) is 36.8 Å². The maximum atomic E-state index is 11.7. The lowest BCUT2D eigenvalue weighted by Crippen LogP contribution is -2.32. The third-order valence-electron chi connectivity index (χ3n) is 4.03. The van der Waals surface area contributed by atoms with Crippen LogP contribution in [-0.2, 0) is 10.2 Å². The molecule has 0 aliphatic heterocycles. The zero-order valence-corrected chi connectivity index (χ0v) is 12.6. The Morgan fingerprint density at radius 1 is 1.42 bits per heavy atom. The van der Waals surface area contributed by atoms with Gasteiger partial charge in [0.1, 0.15) is 0 Å². The van der Waals surface area contributed by atoms with Gasteiger partial charge in [-0.15, -0.1) is 0 Å². The first-order valence-electron chi connectivity index (χ1n) is 6.24. The normalized spacial score (nSPS) is 17.4. The van der Waals surface area contributed by atoms with Crippen molar-refractivity contribution in [3.63, 3.8) is 0 Å². The first kappa shape index (κ1) is 14.2. The molecule has 0 bridgehead atoms. The van der Waals surface area contributed by atoms with E-state index in [9.17, 15) is 15.0 Å². The van der Waals surface area contributed by atoms with Crippen LogP contribution in [-0.4, -0.2) is 23.3 Å². The van der Waals surface area contributed by atoms with Gasteiger partial charge in [-0.2, -0.15) is 0 Å². The second-order valence-corrected chi connectivity index (χ2v) is 5.86. The van der Waals surface area contributed by atoms with Gasteiger partial charge in [0.05, 0.1) is 12.5 Å². The average molecular weight is 329 g/mol. The van der Waals surface area contributed by atoms with Gasteiger partial charge in [-0.05, 0) is 25.8 Å². The number of ether oxygens (including phenoxy) is 1. The summed E-state index contributed by atoms with van der Waals surface area (Å²) in [5, 5.41) is 20.0. The summed E-state index contributed by atoms with van der Waals surface area (Å²) in [5.74, 6) is -0.581. The maximum absolute atomic E-state index is 11.7. The molecule has 4 nitrogen and oxygen atoms in total. The van der Waals surface area contributed by atoms with Crippen LogP contribution < -0.4 is 4.74 Å². The number of carboxylic acids is 1. The van der Waals surface area contributed by atoms with E-state index >= 15 is 0 Å². The number of methoxy groups -OCH3 is 1. The summed E-state index contributed by atoms with van der Waals surface area (Å²) in [6, 6.07) is 1.71. The number of halogens is 1. The predicted molar refractivity (Wildman–Crippen MR) is 74.9 cm³/mol. The van der Waals surface area contributed by atoms with Crippen molar-refractivity contribution in [2.75, 3.05) is 7.11 Å². The number of aromatic hydroxyl groups is 1. The Bertz CT molecular complexity index is 519. The highest BCUT2D eigenvalue weighted by atomic mass is 79.9.